The standard InChI is InChI=1S/C10H14FNO/c1-6-3-8(13)4-7(2)10(6)9(12)5-11/h3-4,9,13H,5,12H2,1-2H3/t9-/m1/s1. The quantitative estimate of drug-likeness (QED) is 0.736. The first-order valence-electron chi connectivity index (χ1n) is 4.18. The molecule has 1 aromatic carbocycles. The molecule has 0 saturated carbocycles. The SMILES string of the molecule is Cc1cc(O)cc(C)c1[C@H](N)CF. The van der Waals surface area contributed by atoms with E-state index >= 15 is 0 Å². The van der Waals surface area contributed by atoms with Crippen molar-refractivity contribution in [3.8, 4) is 5.75 Å². The van der Waals surface area contributed by atoms with E-state index in [4.69, 9.17) is 5.73 Å². The number of aromatic hydroxyl groups is 1. The van der Waals surface area contributed by atoms with Crippen LogP contribution in [0.3, 0.4) is 0 Å². The molecule has 0 spiro atoms. The summed E-state index contributed by atoms with van der Waals surface area (Å²) in [6.07, 6.45) is 0. The summed E-state index contributed by atoms with van der Waals surface area (Å²) >= 11 is 0. The number of phenolic OH excluding ortho intramolecular Hbond substituents is 1. The fraction of sp³-hybridized carbons (Fsp3) is 0.400. The molecule has 0 heterocycles. The summed E-state index contributed by atoms with van der Waals surface area (Å²) in [5.74, 6) is 0.199. The van der Waals surface area contributed by atoms with Crippen LogP contribution in [0.1, 0.15) is 22.7 Å². The molecule has 3 heteroatoms. The van der Waals surface area contributed by atoms with Crippen molar-refractivity contribution in [3.05, 3.63) is 28.8 Å². The molecular formula is C10H14FNO. The molecule has 1 atom stereocenters. The molecule has 1 rings (SSSR count). The van der Waals surface area contributed by atoms with Gasteiger partial charge in [-0.3, -0.25) is 0 Å². The molecular weight excluding hydrogens is 169 g/mol. The number of halogens is 1. The second-order valence-electron chi connectivity index (χ2n) is 3.25. The van der Waals surface area contributed by atoms with Crippen LogP contribution in [0.25, 0.3) is 0 Å². The van der Waals surface area contributed by atoms with E-state index in [9.17, 15) is 9.50 Å². The number of rotatable bonds is 2. The second kappa shape index (κ2) is 3.75. The molecule has 72 valence electrons. The van der Waals surface area contributed by atoms with E-state index in [2.05, 4.69) is 0 Å². The Morgan fingerprint density at radius 1 is 1.38 bits per heavy atom. The van der Waals surface area contributed by atoms with E-state index < -0.39 is 12.7 Å². The zero-order valence-electron chi connectivity index (χ0n) is 7.84. The highest BCUT2D eigenvalue weighted by Crippen LogP contribution is 2.25. The van der Waals surface area contributed by atoms with Gasteiger partial charge >= 0.3 is 0 Å². The first-order valence-corrected chi connectivity index (χ1v) is 4.18. The molecule has 0 amide bonds. The lowest BCUT2D eigenvalue weighted by Crippen LogP contribution is -2.15. The molecule has 3 N–H and O–H groups in total. The molecule has 0 radical (unpaired) electrons. The first kappa shape index (κ1) is 9.99. The molecule has 0 aliphatic rings. The van der Waals surface area contributed by atoms with Gasteiger partial charge in [-0.1, -0.05) is 0 Å². The number of nitrogens with two attached hydrogens (primary N) is 1. The Bertz CT molecular complexity index is 289. The topological polar surface area (TPSA) is 46.2 Å². The molecule has 0 fully saturated rings. The third-order valence-electron chi connectivity index (χ3n) is 2.12. The number of hydrogen-bond donors (Lipinski definition) is 2. The average molecular weight is 183 g/mol. The monoisotopic (exact) mass is 183 g/mol. The molecule has 0 aromatic heterocycles. The van der Waals surface area contributed by atoms with E-state index in [-0.39, 0.29) is 5.75 Å². The van der Waals surface area contributed by atoms with Crippen molar-refractivity contribution < 1.29 is 9.50 Å². The lowest BCUT2D eigenvalue weighted by molar-refractivity contribution is 0.433. The lowest BCUT2D eigenvalue weighted by Gasteiger charge is -2.14. The minimum atomic E-state index is -0.583. The van der Waals surface area contributed by atoms with Crippen molar-refractivity contribution in [1.82, 2.24) is 0 Å². The van der Waals surface area contributed by atoms with Gasteiger partial charge < -0.3 is 10.8 Å². The lowest BCUT2D eigenvalue weighted by atomic mass is 9.97. The van der Waals surface area contributed by atoms with Crippen molar-refractivity contribution in [2.45, 2.75) is 19.9 Å². The number of phenols is 1. The number of hydrogen-bond acceptors (Lipinski definition) is 2. The largest absolute Gasteiger partial charge is 0.508 e. The minimum Gasteiger partial charge on any atom is -0.508 e. The summed E-state index contributed by atoms with van der Waals surface area (Å²) in [5, 5.41) is 9.24. The fourth-order valence-corrected chi connectivity index (χ4v) is 1.61. The van der Waals surface area contributed by atoms with E-state index in [0.29, 0.717) is 0 Å². The second-order valence-corrected chi connectivity index (χ2v) is 3.25. The van der Waals surface area contributed by atoms with Crippen LogP contribution in [0.5, 0.6) is 5.75 Å². The number of aryl methyl sites for hydroxylation is 2. The van der Waals surface area contributed by atoms with Crippen LogP contribution < -0.4 is 5.73 Å². The highest BCUT2D eigenvalue weighted by atomic mass is 19.1. The van der Waals surface area contributed by atoms with Crippen molar-refractivity contribution in [1.29, 1.82) is 0 Å². The van der Waals surface area contributed by atoms with Crippen molar-refractivity contribution in [2.75, 3.05) is 6.67 Å². The van der Waals surface area contributed by atoms with E-state index in [0.717, 1.165) is 16.7 Å². The van der Waals surface area contributed by atoms with Crippen LogP contribution in [0.2, 0.25) is 0 Å². The van der Waals surface area contributed by atoms with Gasteiger partial charge in [0.05, 0.1) is 6.04 Å². The number of benzene rings is 1. The smallest absolute Gasteiger partial charge is 0.116 e. The molecule has 0 unspecified atom stereocenters. The molecule has 0 bridgehead atoms. The Kier molecular flexibility index (Phi) is 2.88. The fourth-order valence-electron chi connectivity index (χ4n) is 1.61. The maximum Gasteiger partial charge on any atom is 0.116 e. The zero-order chi connectivity index (χ0) is 10.0. The van der Waals surface area contributed by atoms with Gasteiger partial charge in [0.1, 0.15) is 12.4 Å². The Balaban J connectivity index is 3.20. The van der Waals surface area contributed by atoms with Gasteiger partial charge in [-0.2, -0.15) is 0 Å². The maximum atomic E-state index is 12.3. The van der Waals surface area contributed by atoms with Crippen molar-refractivity contribution >= 4 is 0 Å². The Hall–Kier alpha value is -1.09. The van der Waals surface area contributed by atoms with Crippen LogP contribution in [-0.4, -0.2) is 11.8 Å². The predicted molar refractivity (Wildman–Crippen MR) is 50.5 cm³/mol. The molecule has 13 heavy (non-hydrogen) atoms. The first-order chi connectivity index (χ1) is 6.06. The van der Waals surface area contributed by atoms with Gasteiger partial charge in [0.15, 0.2) is 0 Å². The maximum absolute atomic E-state index is 12.3. The van der Waals surface area contributed by atoms with Crippen LogP contribution in [0.4, 0.5) is 4.39 Å². The van der Waals surface area contributed by atoms with E-state index in [1.54, 1.807) is 12.1 Å². The zero-order valence-corrected chi connectivity index (χ0v) is 7.84. The van der Waals surface area contributed by atoms with Gasteiger partial charge in [0, 0.05) is 0 Å². The molecule has 2 nitrogen and oxygen atoms in total. The highest BCUT2D eigenvalue weighted by molar-refractivity contribution is 5.42. The van der Waals surface area contributed by atoms with Gasteiger partial charge in [0.2, 0.25) is 0 Å². The Morgan fingerprint density at radius 2 is 1.85 bits per heavy atom. The third-order valence-corrected chi connectivity index (χ3v) is 2.12. The highest BCUT2D eigenvalue weighted by Gasteiger charge is 2.12. The Labute approximate surface area is 77.2 Å². The summed E-state index contributed by atoms with van der Waals surface area (Å²) in [5.41, 5.74) is 8.05. The van der Waals surface area contributed by atoms with Crippen LogP contribution in [-0.2, 0) is 0 Å². The summed E-state index contributed by atoms with van der Waals surface area (Å²) in [6.45, 7) is 3.06. The summed E-state index contributed by atoms with van der Waals surface area (Å²) in [7, 11) is 0. The number of alkyl halides is 1. The van der Waals surface area contributed by atoms with Gasteiger partial charge in [-0.05, 0) is 42.7 Å². The van der Waals surface area contributed by atoms with Gasteiger partial charge in [-0.15, -0.1) is 0 Å². The van der Waals surface area contributed by atoms with Crippen LogP contribution >= 0.6 is 0 Å². The van der Waals surface area contributed by atoms with Crippen molar-refractivity contribution in [2.24, 2.45) is 5.73 Å². The summed E-state index contributed by atoms with van der Waals surface area (Å²) in [4.78, 5) is 0. The van der Waals surface area contributed by atoms with Gasteiger partial charge in [-0.25, -0.2) is 4.39 Å². The minimum absolute atomic E-state index is 0.199. The summed E-state index contributed by atoms with van der Waals surface area (Å²) < 4.78 is 12.3. The van der Waals surface area contributed by atoms with E-state index in [1.165, 1.54) is 0 Å². The van der Waals surface area contributed by atoms with Crippen molar-refractivity contribution in [3.63, 3.8) is 0 Å². The normalized spacial score (nSPS) is 12.9. The van der Waals surface area contributed by atoms with E-state index in [1.807, 2.05) is 13.8 Å². The predicted octanol–water partition coefficient (Wildman–Crippen LogP) is 1.98. The van der Waals surface area contributed by atoms with Crippen LogP contribution in [0.15, 0.2) is 12.1 Å². The molecule has 0 saturated heterocycles. The molecule has 0 aliphatic carbocycles. The average Bonchev–Trinajstić information content (AvgIpc) is 2.02. The molecule has 0 aliphatic heterocycles. The van der Waals surface area contributed by atoms with Crippen LogP contribution in [0, 0.1) is 13.8 Å². The molecule has 1 aromatic rings. The summed E-state index contributed by atoms with van der Waals surface area (Å²) in [6, 6.07) is 2.61. The third kappa shape index (κ3) is 1.98. The van der Waals surface area contributed by atoms with Gasteiger partial charge in [0.25, 0.3) is 0 Å². The Morgan fingerprint density at radius 3 is 2.23 bits per heavy atom.